The number of likely N-dealkylation sites (N-methyl/N-ethyl adjacent to an activating group) is 1. The maximum Gasteiger partial charge on any atom is 0.231 e. The van der Waals surface area contributed by atoms with E-state index in [2.05, 4.69) is 47.6 Å². The molecule has 7 heteroatoms. The van der Waals surface area contributed by atoms with E-state index >= 15 is 0 Å². The van der Waals surface area contributed by atoms with Crippen LogP contribution in [0.15, 0.2) is 30.6 Å². The molecular weight excluding hydrogens is 422 g/mol. The normalized spacial score (nSPS) is 19.5. The number of anilines is 1. The Bertz CT molecular complexity index is 940. The van der Waals surface area contributed by atoms with Crippen molar-refractivity contribution >= 4 is 23.3 Å². The van der Waals surface area contributed by atoms with Gasteiger partial charge in [-0.3, -0.25) is 4.79 Å². The summed E-state index contributed by atoms with van der Waals surface area (Å²) in [6, 6.07) is 8.10. The number of carbonyl (C=O) groups excluding carboxylic acids is 1. The molecule has 1 aliphatic carbocycles. The highest BCUT2D eigenvalue weighted by molar-refractivity contribution is 6.30. The molecule has 0 bridgehead atoms. The molecule has 6 nitrogen and oxygen atoms in total. The molecule has 1 saturated heterocycles. The van der Waals surface area contributed by atoms with Crippen molar-refractivity contribution in [2.45, 2.75) is 51.5 Å². The highest BCUT2D eigenvalue weighted by Gasteiger charge is 2.32. The Hall–Kier alpha value is -2.18. The monoisotopic (exact) mass is 455 g/mol. The lowest BCUT2D eigenvalue weighted by molar-refractivity contribution is -0.133. The Morgan fingerprint density at radius 3 is 2.50 bits per heavy atom. The number of hydrogen-bond donors (Lipinski definition) is 0. The fourth-order valence-electron chi connectivity index (χ4n) is 4.75. The van der Waals surface area contributed by atoms with Crippen LogP contribution < -0.4 is 4.90 Å². The predicted octanol–water partition coefficient (Wildman–Crippen LogP) is 3.95. The minimum atomic E-state index is -0.200. The van der Waals surface area contributed by atoms with E-state index in [1.165, 1.54) is 11.3 Å². The second-order valence-electron chi connectivity index (χ2n) is 9.45. The van der Waals surface area contributed by atoms with E-state index in [0.29, 0.717) is 36.6 Å². The first-order chi connectivity index (χ1) is 15.3. The van der Waals surface area contributed by atoms with E-state index in [-0.39, 0.29) is 11.8 Å². The van der Waals surface area contributed by atoms with Crippen LogP contribution in [0.2, 0.25) is 5.02 Å². The molecule has 1 fully saturated rings. The quantitative estimate of drug-likeness (QED) is 0.660. The first-order valence-electron chi connectivity index (χ1n) is 11.7. The van der Waals surface area contributed by atoms with E-state index in [1.807, 2.05) is 29.2 Å². The predicted molar refractivity (Wildman–Crippen MR) is 130 cm³/mol. The molecule has 4 rings (SSSR count). The maximum atomic E-state index is 13.6. The van der Waals surface area contributed by atoms with Gasteiger partial charge >= 0.3 is 0 Å². The summed E-state index contributed by atoms with van der Waals surface area (Å²) in [6.07, 6.45) is 3.88. The van der Waals surface area contributed by atoms with Crippen molar-refractivity contribution < 1.29 is 4.79 Å². The summed E-state index contributed by atoms with van der Waals surface area (Å²) in [5.74, 6) is 1.57. The van der Waals surface area contributed by atoms with Crippen LogP contribution in [0, 0.1) is 0 Å². The number of carbonyl (C=O) groups is 1. The Kier molecular flexibility index (Phi) is 7.01. The zero-order valence-electron chi connectivity index (χ0n) is 19.6. The van der Waals surface area contributed by atoms with E-state index < -0.39 is 0 Å². The second kappa shape index (κ2) is 9.75. The van der Waals surface area contributed by atoms with Crippen LogP contribution >= 0.6 is 11.6 Å². The number of halogens is 1. The number of piperazine rings is 1. The van der Waals surface area contributed by atoms with Crippen molar-refractivity contribution in [2.24, 2.45) is 0 Å². The van der Waals surface area contributed by atoms with Crippen molar-refractivity contribution in [3.05, 3.63) is 52.4 Å². The molecule has 0 radical (unpaired) electrons. The summed E-state index contributed by atoms with van der Waals surface area (Å²) in [6.45, 7) is 10.3. The zero-order valence-corrected chi connectivity index (χ0v) is 20.3. The van der Waals surface area contributed by atoms with Crippen molar-refractivity contribution in [2.75, 3.05) is 44.7 Å². The summed E-state index contributed by atoms with van der Waals surface area (Å²) in [5, 5.41) is 0.692. The highest BCUT2D eigenvalue weighted by Crippen LogP contribution is 2.37. The van der Waals surface area contributed by atoms with Crippen LogP contribution in [0.5, 0.6) is 0 Å². The average molecular weight is 456 g/mol. The first-order valence-corrected chi connectivity index (χ1v) is 12.1. The second-order valence-corrected chi connectivity index (χ2v) is 9.88. The Morgan fingerprint density at radius 2 is 1.84 bits per heavy atom. The fraction of sp³-hybridized carbons (Fsp3) is 0.560. The van der Waals surface area contributed by atoms with Gasteiger partial charge in [0.25, 0.3) is 0 Å². The third-order valence-corrected chi connectivity index (χ3v) is 7.32. The minimum absolute atomic E-state index is 0.195. The van der Waals surface area contributed by atoms with Crippen LogP contribution in [0.4, 0.5) is 5.82 Å². The van der Waals surface area contributed by atoms with Gasteiger partial charge in [0.05, 0.1) is 5.92 Å². The van der Waals surface area contributed by atoms with E-state index in [4.69, 9.17) is 11.6 Å². The first kappa shape index (κ1) is 23.0. The van der Waals surface area contributed by atoms with Crippen molar-refractivity contribution in [1.29, 1.82) is 0 Å². The van der Waals surface area contributed by atoms with E-state index in [0.717, 1.165) is 37.3 Å². The molecule has 32 heavy (non-hydrogen) atoms. The third-order valence-electron chi connectivity index (χ3n) is 7.07. The van der Waals surface area contributed by atoms with Crippen LogP contribution in [0.1, 0.15) is 55.8 Å². The molecule has 0 N–H and O–H groups in total. The highest BCUT2D eigenvalue weighted by atomic mass is 35.5. The van der Waals surface area contributed by atoms with Crippen LogP contribution in [0.25, 0.3) is 0 Å². The Labute approximate surface area is 196 Å². The number of rotatable bonds is 6. The van der Waals surface area contributed by atoms with Crippen molar-refractivity contribution in [3.8, 4) is 0 Å². The number of aryl methyl sites for hydroxylation is 1. The smallest absolute Gasteiger partial charge is 0.231 e. The van der Waals surface area contributed by atoms with Gasteiger partial charge in [0.1, 0.15) is 12.1 Å². The Balaban J connectivity index is 1.48. The molecule has 1 aromatic carbocycles. The molecule has 2 aromatic rings. The number of fused-ring (bicyclic) bond motifs is 1. The fourth-order valence-corrected chi connectivity index (χ4v) is 4.88. The average Bonchev–Trinajstić information content (AvgIpc) is 3.18. The molecule has 0 spiro atoms. The number of benzene rings is 1. The molecule has 2 heterocycles. The topological polar surface area (TPSA) is 52.6 Å². The lowest BCUT2D eigenvalue weighted by Gasteiger charge is -2.38. The van der Waals surface area contributed by atoms with Gasteiger partial charge in [0.15, 0.2) is 0 Å². The molecule has 1 amide bonds. The summed E-state index contributed by atoms with van der Waals surface area (Å²) >= 11 is 6.10. The standard InChI is InChI=1S/C25H34ClN5O/c1-17(2)29(4)15-21(19-6-8-20(26)9-7-19)25(32)31-13-11-30(12-14-31)24-23-18(3)5-10-22(23)27-16-28-24/h6-9,16-18,21H,5,10-15H2,1-4H3/t18-,21-/m1/s1. The molecule has 2 atom stereocenters. The van der Waals surface area contributed by atoms with Crippen LogP contribution in [-0.2, 0) is 11.2 Å². The lowest BCUT2D eigenvalue weighted by Crippen LogP contribution is -2.51. The van der Waals surface area contributed by atoms with Crippen LogP contribution in [0.3, 0.4) is 0 Å². The van der Waals surface area contributed by atoms with Gasteiger partial charge < -0.3 is 14.7 Å². The maximum absolute atomic E-state index is 13.6. The van der Waals surface area contributed by atoms with E-state index in [9.17, 15) is 4.79 Å². The van der Waals surface area contributed by atoms with Gasteiger partial charge in [-0.2, -0.15) is 0 Å². The van der Waals surface area contributed by atoms with Gasteiger partial charge in [-0.1, -0.05) is 30.7 Å². The van der Waals surface area contributed by atoms with Gasteiger partial charge in [0, 0.05) is 55.0 Å². The SMILES string of the molecule is CC(C)N(C)C[C@@H](C(=O)N1CCN(c2ncnc3c2[C@H](C)CC3)CC1)c1ccc(Cl)cc1. The molecule has 1 aliphatic heterocycles. The summed E-state index contributed by atoms with van der Waals surface area (Å²) in [7, 11) is 2.08. The molecule has 0 unspecified atom stereocenters. The largest absolute Gasteiger partial charge is 0.353 e. The molecule has 2 aliphatic rings. The van der Waals surface area contributed by atoms with Crippen LogP contribution in [-0.4, -0.2) is 71.5 Å². The summed E-state index contributed by atoms with van der Waals surface area (Å²) in [5.41, 5.74) is 3.53. The molecule has 172 valence electrons. The number of nitrogens with zero attached hydrogens (tertiary/aromatic N) is 5. The minimum Gasteiger partial charge on any atom is -0.353 e. The number of hydrogen-bond acceptors (Lipinski definition) is 5. The summed E-state index contributed by atoms with van der Waals surface area (Å²) in [4.78, 5) is 29.4. The molecule has 0 saturated carbocycles. The van der Waals surface area contributed by atoms with Gasteiger partial charge in [-0.05, 0) is 57.4 Å². The van der Waals surface area contributed by atoms with Crippen molar-refractivity contribution in [3.63, 3.8) is 0 Å². The van der Waals surface area contributed by atoms with Crippen molar-refractivity contribution in [1.82, 2.24) is 19.8 Å². The molecular formula is C25H34ClN5O. The zero-order chi connectivity index (χ0) is 22.8. The van der Waals surface area contributed by atoms with Gasteiger partial charge in [-0.25, -0.2) is 9.97 Å². The van der Waals surface area contributed by atoms with Gasteiger partial charge in [-0.15, -0.1) is 0 Å². The Morgan fingerprint density at radius 1 is 1.16 bits per heavy atom. The van der Waals surface area contributed by atoms with Gasteiger partial charge in [0.2, 0.25) is 5.91 Å². The molecule has 1 aromatic heterocycles. The number of amides is 1. The lowest BCUT2D eigenvalue weighted by atomic mass is 9.96. The summed E-state index contributed by atoms with van der Waals surface area (Å²) < 4.78 is 0. The number of aromatic nitrogens is 2. The van der Waals surface area contributed by atoms with E-state index in [1.54, 1.807) is 6.33 Å². The third kappa shape index (κ3) is 4.76.